The van der Waals surface area contributed by atoms with E-state index in [0.29, 0.717) is 48.8 Å². The molecule has 1 aromatic rings. The molecule has 1 atom stereocenters. The predicted octanol–water partition coefficient (Wildman–Crippen LogP) is 2.62. The Balaban J connectivity index is 2.07. The smallest absolute Gasteiger partial charge is 0.254 e. The average molecular weight is 417 g/mol. The van der Waals surface area contributed by atoms with Crippen molar-refractivity contribution in [3.8, 4) is 0 Å². The third-order valence-corrected chi connectivity index (χ3v) is 5.34. The summed E-state index contributed by atoms with van der Waals surface area (Å²) in [4.78, 5) is 50.0. The van der Waals surface area contributed by atoms with Crippen LogP contribution in [-0.2, 0) is 14.4 Å². The van der Waals surface area contributed by atoms with E-state index >= 15 is 0 Å². The highest BCUT2D eigenvalue weighted by Gasteiger charge is 2.29. The summed E-state index contributed by atoms with van der Waals surface area (Å²) < 4.78 is 0. The summed E-state index contributed by atoms with van der Waals surface area (Å²) in [6, 6.07) is 4.91. The molecule has 8 heteroatoms. The molecule has 164 valence electrons. The number of piperidine rings is 1. The highest BCUT2D eigenvalue weighted by molar-refractivity contribution is 6.00. The van der Waals surface area contributed by atoms with Crippen LogP contribution in [-0.4, -0.2) is 47.7 Å². The van der Waals surface area contributed by atoms with Crippen molar-refractivity contribution in [2.24, 2.45) is 11.8 Å². The van der Waals surface area contributed by atoms with E-state index in [1.54, 1.807) is 23.1 Å². The first-order chi connectivity index (χ1) is 14.1. The quantitative estimate of drug-likeness (QED) is 0.662. The van der Waals surface area contributed by atoms with Crippen LogP contribution in [0.5, 0.6) is 0 Å². The number of anilines is 2. The number of carbonyl (C=O) groups excluding carboxylic acids is 4. The van der Waals surface area contributed by atoms with Crippen molar-refractivity contribution in [1.29, 1.82) is 0 Å². The van der Waals surface area contributed by atoms with Crippen LogP contribution in [0, 0.1) is 11.8 Å². The maximum absolute atomic E-state index is 13.0. The number of hydrogen-bond donors (Lipinski definition) is 3. The number of nitrogens with one attached hydrogen (secondary N) is 3. The van der Waals surface area contributed by atoms with E-state index in [9.17, 15) is 19.2 Å². The molecule has 1 fully saturated rings. The third kappa shape index (κ3) is 6.57. The van der Waals surface area contributed by atoms with Gasteiger partial charge in [0, 0.05) is 55.8 Å². The Hall–Kier alpha value is -2.90. The van der Waals surface area contributed by atoms with Crippen LogP contribution in [0.2, 0.25) is 0 Å². The summed E-state index contributed by atoms with van der Waals surface area (Å²) in [5, 5.41) is 8.36. The molecule has 0 spiro atoms. The first kappa shape index (κ1) is 23.4. The van der Waals surface area contributed by atoms with Gasteiger partial charge < -0.3 is 20.9 Å². The Bertz CT molecular complexity index is 779. The van der Waals surface area contributed by atoms with E-state index in [-0.39, 0.29) is 35.6 Å². The molecular formula is C22H32N4O4. The summed E-state index contributed by atoms with van der Waals surface area (Å²) >= 11 is 0. The van der Waals surface area contributed by atoms with Crippen LogP contribution < -0.4 is 16.0 Å². The SMILES string of the molecule is CC(=O)Nc1cc(NC(C)=O)cc(C(=O)N2CCC(C(=O)NC(C)C(C)C)CC2)c1. The van der Waals surface area contributed by atoms with E-state index in [1.165, 1.54) is 13.8 Å². The summed E-state index contributed by atoms with van der Waals surface area (Å²) in [5.74, 6) is -0.418. The molecule has 4 amide bonds. The average Bonchev–Trinajstić information content (AvgIpc) is 2.66. The first-order valence-electron chi connectivity index (χ1n) is 10.4. The number of likely N-dealkylation sites (tertiary alicyclic amines) is 1. The topological polar surface area (TPSA) is 108 Å². The molecule has 30 heavy (non-hydrogen) atoms. The van der Waals surface area contributed by atoms with Crippen LogP contribution in [0.1, 0.15) is 57.8 Å². The number of amides is 4. The van der Waals surface area contributed by atoms with Gasteiger partial charge in [0.05, 0.1) is 0 Å². The van der Waals surface area contributed by atoms with Gasteiger partial charge in [-0.25, -0.2) is 0 Å². The Morgan fingerprint density at radius 1 is 0.900 bits per heavy atom. The van der Waals surface area contributed by atoms with Gasteiger partial charge in [-0.05, 0) is 43.9 Å². The molecule has 8 nitrogen and oxygen atoms in total. The fraction of sp³-hybridized carbons (Fsp3) is 0.545. The number of carbonyl (C=O) groups is 4. The second-order valence-electron chi connectivity index (χ2n) is 8.27. The van der Waals surface area contributed by atoms with Gasteiger partial charge in [0.1, 0.15) is 0 Å². The summed E-state index contributed by atoms with van der Waals surface area (Å²) in [5.41, 5.74) is 1.25. The zero-order valence-corrected chi connectivity index (χ0v) is 18.4. The minimum absolute atomic E-state index is 0.0453. The lowest BCUT2D eigenvalue weighted by Gasteiger charge is -2.32. The van der Waals surface area contributed by atoms with E-state index < -0.39 is 0 Å². The van der Waals surface area contributed by atoms with Crippen LogP contribution in [0.15, 0.2) is 18.2 Å². The van der Waals surface area contributed by atoms with Crippen LogP contribution in [0.4, 0.5) is 11.4 Å². The Morgan fingerprint density at radius 2 is 1.40 bits per heavy atom. The van der Waals surface area contributed by atoms with Crippen molar-refractivity contribution >= 4 is 35.0 Å². The van der Waals surface area contributed by atoms with Crippen molar-refractivity contribution in [2.45, 2.75) is 53.5 Å². The van der Waals surface area contributed by atoms with Crippen molar-refractivity contribution in [3.63, 3.8) is 0 Å². The van der Waals surface area contributed by atoms with E-state index in [1.807, 2.05) is 6.92 Å². The summed E-state index contributed by atoms with van der Waals surface area (Å²) in [6.07, 6.45) is 1.21. The molecule has 1 heterocycles. The van der Waals surface area contributed by atoms with E-state index in [2.05, 4.69) is 29.8 Å². The minimum Gasteiger partial charge on any atom is -0.353 e. The van der Waals surface area contributed by atoms with E-state index in [0.717, 1.165) is 0 Å². The number of rotatable bonds is 6. The highest BCUT2D eigenvalue weighted by Crippen LogP contribution is 2.24. The second kappa shape index (κ2) is 10.2. The highest BCUT2D eigenvalue weighted by atomic mass is 16.2. The molecule has 3 N–H and O–H groups in total. The lowest BCUT2D eigenvalue weighted by Crippen LogP contribution is -2.45. The van der Waals surface area contributed by atoms with Gasteiger partial charge in [0.25, 0.3) is 5.91 Å². The van der Waals surface area contributed by atoms with Crippen molar-refractivity contribution in [3.05, 3.63) is 23.8 Å². The van der Waals surface area contributed by atoms with E-state index in [4.69, 9.17) is 0 Å². The molecule has 1 aliphatic heterocycles. The fourth-order valence-corrected chi connectivity index (χ4v) is 3.34. The Morgan fingerprint density at radius 3 is 1.83 bits per heavy atom. The maximum atomic E-state index is 13.0. The predicted molar refractivity (Wildman–Crippen MR) is 116 cm³/mol. The van der Waals surface area contributed by atoms with Crippen molar-refractivity contribution in [1.82, 2.24) is 10.2 Å². The Labute approximate surface area is 177 Å². The molecule has 0 aliphatic carbocycles. The zero-order chi connectivity index (χ0) is 22.4. The normalized spacial score (nSPS) is 15.5. The van der Waals surface area contributed by atoms with Crippen LogP contribution >= 0.6 is 0 Å². The number of hydrogen-bond acceptors (Lipinski definition) is 4. The molecule has 1 saturated heterocycles. The van der Waals surface area contributed by atoms with Crippen LogP contribution in [0.25, 0.3) is 0 Å². The van der Waals surface area contributed by atoms with Gasteiger partial charge in [-0.3, -0.25) is 19.2 Å². The monoisotopic (exact) mass is 416 g/mol. The van der Waals surface area contributed by atoms with Gasteiger partial charge >= 0.3 is 0 Å². The maximum Gasteiger partial charge on any atom is 0.254 e. The van der Waals surface area contributed by atoms with Gasteiger partial charge in [-0.1, -0.05) is 13.8 Å². The summed E-state index contributed by atoms with van der Waals surface area (Å²) in [6.45, 7) is 9.84. The second-order valence-corrected chi connectivity index (χ2v) is 8.27. The lowest BCUT2D eigenvalue weighted by atomic mass is 9.94. The van der Waals surface area contributed by atoms with Gasteiger partial charge in [-0.2, -0.15) is 0 Å². The molecule has 0 aromatic heterocycles. The van der Waals surface area contributed by atoms with Gasteiger partial charge in [0.2, 0.25) is 17.7 Å². The largest absolute Gasteiger partial charge is 0.353 e. The van der Waals surface area contributed by atoms with Crippen molar-refractivity contribution < 1.29 is 19.2 Å². The third-order valence-electron chi connectivity index (χ3n) is 5.34. The molecule has 2 rings (SSSR count). The minimum atomic E-state index is -0.268. The lowest BCUT2D eigenvalue weighted by molar-refractivity contribution is -0.127. The van der Waals surface area contributed by atoms with Gasteiger partial charge in [-0.15, -0.1) is 0 Å². The molecule has 1 aliphatic rings. The molecule has 0 bridgehead atoms. The molecule has 1 unspecified atom stereocenters. The zero-order valence-electron chi connectivity index (χ0n) is 18.4. The summed E-state index contributed by atoms with van der Waals surface area (Å²) in [7, 11) is 0. The van der Waals surface area contributed by atoms with Crippen molar-refractivity contribution in [2.75, 3.05) is 23.7 Å². The Kier molecular flexibility index (Phi) is 7.97. The number of nitrogens with zero attached hydrogens (tertiary/aromatic N) is 1. The molecule has 0 saturated carbocycles. The molecular weight excluding hydrogens is 384 g/mol. The van der Waals surface area contributed by atoms with Gasteiger partial charge in [0.15, 0.2) is 0 Å². The fourth-order valence-electron chi connectivity index (χ4n) is 3.34. The first-order valence-corrected chi connectivity index (χ1v) is 10.4. The standard InChI is InChI=1S/C22H32N4O4/c1-13(2)14(3)23-21(29)17-6-8-26(9-7-17)22(30)18-10-19(24-15(4)27)12-20(11-18)25-16(5)28/h10-14,17H,6-9H2,1-5H3,(H,23,29)(H,24,27)(H,25,28). The number of benzene rings is 1. The molecule has 1 aromatic carbocycles. The van der Waals surface area contributed by atoms with Crippen LogP contribution in [0.3, 0.4) is 0 Å². The molecule has 0 radical (unpaired) electrons.